The Hall–Kier alpha value is -0.920. The van der Waals surface area contributed by atoms with Crippen molar-refractivity contribution in [1.82, 2.24) is 4.90 Å². The fourth-order valence-corrected chi connectivity index (χ4v) is 1.20. The highest BCUT2D eigenvalue weighted by molar-refractivity contribution is 7.98. The Morgan fingerprint density at radius 3 is 2.27 bits per heavy atom. The Bertz CT molecular complexity index is 244. The zero-order valence-electron chi connectivity index (χ0n) is 7.87. The normalized spacial score (nSPS) is 11.2. The van der Waals surface area contributed by atoms with Crippen LogP contribution in [-0.2, 0) is 9.59 Å². The number of carboxylic acid groups (broad SMARTS) is 1. The van der Waals surface area contributed by atoms with Gasteiger partial charge in [-0.25, -0.2) is 0 Å². The Labute approximate surface area is 88.4 Å². The van der Waals surface area contributed by atoms with Gasteiger partial charge in [-0.2, -0.15) is 24.9 Å². The first-order valence-electron chi connectivity index (χ1n) is 3.86. The summed E-state index contributed by atoms with van der Waals surface area (Å²) in [6, 6.07) is 0. The van der Waals surface area contributed by atoms with Crippen LogP contribution in [0.4, 0.5) is 13.2 Å². The molecule has 0 aromatic rings. The van der Waals surface area contributed by atoms with Gasteiger partial charge in [0.05, 0.1) is 0 Å². The number of carbonyl (C=O) groups excluding carboxylic acids is 1. The van der Waals surface area contributed by atoms with E-state index in [-0.39, 0.29) is 17.2 Å². The summed E-state index contributed by atoms with van der Waals surface area (Å²) in [6.07, 6.45) is -3.37. The molecule has 4 nitrogen and oxygen atoms in total. The molecule has 88 valence electrons. The van der Waals surface area contributed by atoms with E-state index in [4.69, 9.17) is 5.11 Å². The van der Waals surface area contributed by atoms with E-state index < -0.39 is 24.6 Å². The zero-order chi connectivity index (χ0) is 12.1. The summed E-state index contributed by atoms with van der Waals surface area (Å²) in [5.41, 5.74) is 0. The molecule has 0 rings (SSSR count). The van der Waals surface area contributed by atoms with Gasteiger partial charge in [-0.05, 0) is 6.26 Å². The number of halogens is 3. The molecule has 0 bridgehead atoms. The van der Waals surface area contributed by atoms with Crippen LogP contribution >= 0.6 is 11.8 Å². The van der Waals surface area contributed by atoms with Gasteiger partial charge < -0.3 is 10.0 Å². The molecule has 0 saturated heterocycles. The van der Waals surface area contributed by atoms with E-state index >= 15 is 0 Å². The molecule has 15 heavy (non-hydrogen) atoms. The summed E-state index contributed by atoms with van der Waals surface area (Å²) >= 11 is 1.23. The van der Waals surface area contributed by atoms with E-state index in [1.807, 2.05) is 0 Å². The molecule has 0 unspecified atom stereocenters. The quantitative estimate of drug-likeness (QED) is 0.779. The number of alkyl halides is 3. The maximum absolute atomic E-state index is 12.0. The van der Waals surface area contributed by atoms with Gasteiger partial charge in [0, 0.05) is 12.3 Å². The molecule has 0 aliphatic heterocycles. The lowest BCUT2D eigenvalue weighted by atomic mass is 10.4. The van der Waals surface area contributed by atoms with Gasteiger partial charge in [0.25, 0.3) is 0 Å². The van der Waals surface area contributed by atoms with Gasteiger partial charge >= 0.3 is 18.1 Å². The molecule has 8 heteroatoms. The van der Waals surface area contributed by atoms with Crippen LogP contribution in [0.1, 0.15) is 0 Å². The average Bonchev–Trinajstić information content (AvgIpc) is 2.09. The third-order valence-electron chi connectivity index (χ3n) is 1.42. The second kappa shape index (κ2) is 5.84. The number of hydrogen-bond acceptors (Lipinski definition) is 3. The Morgan fingerprint density at radius 1 is 1.40 bits per heavy atom. The van der Waals surface area contributed by atoms with Gasteiger partial charge in [0.2, 0.25) is 0 Å². The molecular weight excluding hydrogens is 235 g/mol. The lowest BCUT2D eigenvalue weighted by Gasteiger charge is -2.21. The van der Waals surface area contributed by atoms with Crippen LogP contribution in [0.5, 0.6) is 0 Å². The Morgan fingerprint density at radius 2 is 1.93 bits per heavy atom. The third kappa shape index (κ3) is 5.50. The molecular formula is C7H10F3NO3S. The van der Waals surface area contributed by atoms with Gasteiger partial charge in [-0.1, -0.05) is 0 Å². The standard InChI is InChI=1S/C7H10F3NO3S/c1-15-3-2-11(4-5(12)13)6(14)7(8,9)10/h2-4H2,1H3,(H,12,13). The monoisotopic (exact) mass is 245 g/mol. The summed E-state index contributed by atoms with van der Waals surface area (Å²) in [5, 5.41) is 8.33. The number of carbonyl (C=O) groups is 2. The smallest absolute Gasteiger partial charge is 0.471 e. The maximum atomic E-state index is 12.0. The first kappa shape index (κ1) is 14.1. The SMILES string of the molecule is CSCCN(CC(=O)O)C(=O)C(F)(F)F. The van der Waals surface area contributed by atoms with Crippen LogP contribution in [0, 0.1) is 0 Å². The first-order valence-corrected chi connectivity index (χ1v) is 5.25. The number of carboxylic acids is 1. The van der Waals surface area contributed by atoms with Crippen molar-refractivity contribution < 1.29 is 27.9 Å². The van der Waals surface area contributed by atoms with Crippen molar-refractivity contribution in [1.29, 1.82) is 0 Å². The number of thioether (sulfide) groups is 1. The second-order valence-corrected chi connectivity index (χ2v) is 3.60. The van der Waals surface area contributed by atoms with Crippen LogP contribution in [0.2, 0.25) is 0 Å². The van der Waals surface area contributed by atoms with Gasteiger partial charge in [-0.3, -0.25) is 9.59 Å². The van der Waals surface area contributed by atoms with Crippen molar-refractivity contribution in [2.75, 3.05) is 25.1 Å². The average molecular weight is 245 g/mol. The highest BCUT2D eigenvalue weighted by Crippen LogP contribution is 2.18. The van der Waals surface area contributed by atoms with Gasteiger partial charge in [0.15, 0.2) is 0 Å². The first-order chi connectivity index (χ1) is 6.79. The van der Waals surface area contributed by atoms with Crippen molar-refractivity contribution in [3.63, 3.8) is 0 Å². The van der Waals surface area contributed by atoms with Gasteiger partial charge in [-0.15, -0.1) is 0 Å². The van der Waals surface area contributed by atoms with E-state index in [0.29, 0.717) is 0 Å². The second-order valence-electron chi connectivity index (χ2n) is 2.61. The van der Waals surface area contributed by atoms with Crippen LogP contribution in [0.15, 0.2) is 0 Å². The van der Waals surface area contributed by atoms with Crippen molar-refractivity contribution in [2.45, 2.75) is 6.18 Å². The summed E-state index contributed by atoms with van der Waals surface area (Å²) in [4.78, 5) is 21.2. The van der Waals surface area contributed by atoms with E-state index in [1.165, 1.54) is 11.8 Å². The predicted molar refractivity (Wildman–Crippen MR) is 48.7 cm³/mol. The molecule has 0 saturated carbocycles. The molecule has 0 atom stereocenters. The topological polar surface area (TPSA) is 57.6 Å². The fraction of sp³-hybridized carbons (Fsp3) is 0.714. The summed E-state index contributed by atoms with van der Waals surface area (Å²) in [5.74, 6) is -3.32. The fourth-order valence-electron chi connectivity index (χ4n) is 0.796. The van der Waals surface area contributed by atoms with E-state index in [2.05, 4.69) is 0 Å². The van der Waals surface area contributed by atoms with Crippen LogP contribution in [0.3, 0.4) is 0 Å². The number of rotatable bonds is 5. The van der Waals surface area contributed by atoms with Crippen molar-refractivity contribution in [2.24, 2.45) is 0 Å². The summed E-state index contributed by atoms with van der Waals surface area (Å²) in [7, 11) is 0. The van der Waals surface area contributed by atoms with E-state index in [1.54, 1.807) is 6.26 Å². The molecule has 0 aromatic carbocycles. The number of nitrogens with zero attached hydrogens (tertiary/aromatic N) is 1. The number of aliphatic carboxylic acids is 1. The Balaban J connectivity index is 4.47. The maximum Gasteiger partial charge on any atom is 0.471 e. The van der Waals surface area contributed by atoms with Crippen LogP contribution in [0.25, 0.3) is 0 Å². The third-order valence-corrected chi connectivity index (χ3v) is 2.01. The molecule has 0 aliphatic rings. The minimum atomic E-state index is -5.02. The molecule has 1 N–H and O–H groups in total. The van der Waals surface area contributed by atoms with E-state index in [0.717, 1.165) is 0 Å². The minimum Gasteiger partial charge on any atom is -0.480 e. The largest absolute Gasteiger partial charge is 0.480 e. The number of amides is 1. The highest BCUT2D eigenvalue weighted by Gasteiger charge is 2.42. The van der Waals surface area contributed by atoms with Crippen LogP contribution in [-0.4, -0.2) is 53.2 Å². The molecule has 0 aliphatic carbocycles. The molecule has 0 spiro atoms. The summed E-state index contributed by atoms with van der Waals surface area (Å²) < 4.78 is 36.0. The molecule has 0 aromatic heterocycles. The van der Waals surface area contributed by atoms with E-state index in [9.17, 15) is 22.8 Å². The Kier molecular flexibility index (Phi) is 5.48. The highest BCUT2D eigenvalue weighted by atomic mass is 32.2. The molecule has 0 fully saturated rings. The molecule has 0 radical (unpaired) electrons. The minimum absolute atomic E-state index is 0.230. The number of hydrogen-bond donors (Lipinski definition) is 1. The van der Waals surface area contributed by atoms with Crippen molar-refractivity contribution in [3.05, 3.63) is 0 Å². The lowest BCUT2D eigenvalue weighted by molar-refractivity contribution is -0.186. The van der Waals surface area contributed by atoms with Crippen LogP contribution < -0.4 is 0 Å². The summed E-state index contributed by atoms with van der Waals surface area (Å²) in [6.45, 7) is -1.16. The molecule has 0 heterocycles. The lowest BCUT2D eigenvalue weighted by Crippen LogP contribution is -2.44. The van der Waals surface area contributed by atoms with Crippen molar-refractivity contribution >= 4 is 23.6 Å². The van der Waals surface area contributed by atoms with Crippen molar-refractivity contribution in [3.8, 4) is 0 Å². The zero-order valence-corrected chi connectivity index (χ0v) is 8.69. The predicted octanol–water partition coefficient (Wildman–Crippen LogP) is 0.825. The van der Waals surface area contributed by atoms with Gasteiger partial charge in [0.1, 0.15) is 6.54 Å². The molecule has 1 amide bonds.